The number of halogens is 1. The van der Waals surface area contributed by atoms with Gasteiger partial charge in [-0.1, -0.05) is 85.1 Å². The molecule has 0 bridgehead atoms. The van der Waals surface area contributed by atoms with Crippen LogP contribution in [0.4, 0.5) is 5.69 Å². The zero-order chi connectivity index (χ0) is 29.8. The highest BCUT2D eigenvalue weighted by Gasteiger charge is 2.30. The van der Waals surface area contributed by atoms with E-state index in [9.17, 15) is 18.0 Å². The van der Waals surface area contributed by atoms with Gasteiger partial charge in [-0.2, -0.15) is 0 Å². The van der Waals surface area contributed by atoms with E-state index in [-0.39, 0.29) is 37.7 Å². The molecular weight excluding hydrogens is 558 g/mol. The lowest BCUT2D eigenvalue weighted by Crippen LogP contribution is -2.50. The van der Waals surface area contributed by atoms with Crippen LogP contribution in [0.15, 0.2) is 78.9 Å². The minimum atomic E-state index is -3.58. The predicted molar refractivity (Wildman–Crippen MR) is 166 cm³/mol. The Balaban J connectivity index is 1.86. The van der Waals surface area contributed by atoms with Gasteiger partial charge in [0, 0.05) is 37.5 Å². The Hall–Kier alpha value is -3.36. The van der Waals surface area contributed by atoms with Gasteiger partial charge in [0.1, 0.15) is 6.04 Å². The van der Waals surface area contributed by atoms with Crippen molar-refractivity contribution in [3.8, 4) is 0 Å². The number of anilines is 1. The maximum atomic E-state index is 13.9. The van der Waals surface area contributed by atoms with Crippen LogP contribution in [0.3, 0.4) is 0 Å². The number of benzene rings is 3. The molecular formula is C32H40ClN3O4S. The second-order valence-electron chi connectivity index (χ2n) is 10.3. The molecule has 0 saturated heterocycles. The number of nitrogens with one attached hydrogen (secondary N) is 1. The molecule has 0 heterocycles. The first-order valence-electron chi connectivity index (χ1n) is 14.0. The van der Waals surface area contributed by atoms with Crippen LogP contribution in [-0.2, 0) is 32.6 Å². The maximum Gasteiger partial charge on any atom is 0.243 e. The van der Waals surface area contributed by atoms with Gasteiger partial charge in [0.2, 0.25) is 21.8 Å². The van der Waals surface area contributed by atoms with Gasteiger partial charge in [0.25, 0.3) is 0 Å². The lowest BCUT2D eigenvalue weighted by atomic mass is 10.0. The summed E-state index contributed by atoms with van der Waals surface area (Å²) in [5, 5.41) is 3.53. The van der Waals surface area contributed by atoms with Gasteiger partial charge in [0.15, 0.2) is 0 Å². The number of carbonyl (C=O) groups is 2. The Labute approximate surface area is 249 Å². The molecule has 0 aromatic heterocycles. The quantitative estimate of drug-likeness (QED) is 0.226. The summed E-state index contributed by atoms with van der Waals surface area (Å²) in [4.78, 5) is 29.0. The number of unbranched alkanes of at least 4 members (excludes halogenated alkanes) is 1. The highest BCUT2D eigenvalue weighted by Crippen LogP contribution is 2.22. The zero-order valence-corrected chi connectivity index (χ0v) is 25.6. The fourth-order valence-electron chi connectivity index (χ4n) is 4.56. The van der Waals surface area contributed by atoms with E-state index < -0.39 is 16.1 Å². The van der Waals surface area contributed by atoms with Gasteiger partial charge in [-0.3, -0.25) is 13.9 Å². The van der Waals surface area contributed by atoms with Gasteiger partial charge < -0.3 is 10.2 Å². The van der Waals surface area contributed by atoms with Crippen molar-refractivity contribution >= 4 is 39.1 Å². The molecule has 220 valence electrons. The molecule has 41 heavy (non-hydrogen) atoms. The van der Waals surface area contributed by atoms with Gasteiger partial charge in [-0.15, -0.1) is 0 Å². The van der Waals surface area contributed by atoms with E-state index in [0.717, 1.165) is 35.8 Å². The number of sulfonamides is 1. The standard InChI is InChI=1S/C32H40ClN3O4S/c1-4-5-21-34-32(38)30(23-26-10-7-6-8-11-26)35(24-27-15-13-25(2)14-16-27)31(37)12-9-22-36(41(3,39)40)29-19-17-28(33)18-20-29/h6-8,10-11,13-20,30H,4-5,9,12,21-24H2,1-3H3,(H,34,38)/t30-/m1/s1. The van der Waals surface area contributed by atoms with Crippen LogP contribution in [0.5, 0.6) is 0 Å². The topological polar surface area (TPSA) is 86.8 Å². The van der Waals surface area contributed by atoms with Crippen molar-refractivity contribution in [3.05, 3.63) is 101 Å². The molecule has 3 aromatic rings. The highest BCUT2D eigenvalue weighted by atomic mass is 35.5. The molecule has 0 saturated carbocycles. The Morgan fingerprint density at radius 1 is 0.902 bits per heavy atom. The molecule has 0 aliphatic rings. The second-order valence-corrected chi connectivity index (χ2v) is 12.6. The van der Waals surface area contributed by atoms with Crippen LogP contribution in [0.25, 0.3) is 0 Å². The van der Waals surface area contributed by atoms with Crippen molar-refractivity contribution in [2.45, 2.75) is 58.5 Å². The summed E-state index contributed by atoms with van der Waals surface area (Å²) in [6.45, 7) is 4.99. The smallest absolute Gasteiger partial charge is 0.243 e. The molecule has 3 rings (SSSR count). The SMILES string of the molecule is CCCCNC(=O)[C@@H](Cc1ccccc1)N(Cc1ccc(C)cc1)C(=O)CCCN(c1ccc(Cl)cc1)S(C)(=O)=O. The number of hydrogen-bond acceptors (Lipinski definition) is 4. The molecule has 0 fully saturated rings. The third-order valence-electron chi connectivity index (χ3n) is 6.84. The Bertz CT molecular complexity index is 1360. The van der Waals surface area contributed by atoms with Gasteiger partial charge in [-0.05, 0) is 55.2 Å². The molecule has 1 atom stereocenters. The van der Waals surface area contributed by atoms with E-state index in [1.165, 1.54) is 4.31 Å². The highest BCUT2D eigenvalue weighted by molar-refractivity contribution is 7.92. The minimum absolute atomic E-state index is 0.0823. The first-order valence-corrected chi connectivity index (χ1v) is 16.2. The van der Waals surface area contributed by atoms with Crippen molar-refractivity contribution in [1.29, 1.82) is 0 Å². The van der Waals surface area contributed by atoms with E-state index in [2.05, 4.69) is 12.2 Å². The van der Waals surface area contributed by atoms with E-state index in [1.54, 1.807) is 29.2 Å². The first kappa shape index (κ1) is 32.2. The fourth-order valence-corrected chi connectivity index (χ4v) is 5.65. The minimum Gasteiger partial charge on any atom is -0.354 e. The summed E-state index contributed by atoms with van der Waals surface area (Å²) in [5.41, 5.74) is 3.46. The van der Waals surface area contributed by atoms with Crippen LogP contribution in [0.2, 0.25) is 5.02 Å². The predicted octanol–water partition coefficient (Wildman–Crippen LogP) is 5.75. The second kappa shape index (κ2) is 15.6. The molecule has 0 unspecified atom stereocenters. The van der Waals surface area contributed by atoms with Crippen LogP contribution >= 0.6 is 11.6 Å². The largest absolute Gasteiger partial charge is 0.354 e. The van der Waals surface area contributed by atoms with Crippen molar-refractivity contribution in [2.75, 3.05) is 23.7 Å². The molecule has 0 spiro atoms. The van der Waals surface area contributed by atoms with Crippen molar-refractivity contribution in [2.24, 2.45) is 0 Å². The molecule has 1 N–H and O–H groups in total. The molecule has 0 radical (unpaired) electrons. The van der Waals surface area contributed by atoms with Crippen LogP contribution in [0.1, 0.15) is 49.3 Å². The summed E-state index contributed by atoms with van der Waals surface area (Å²) < 4.78 is 26.4. The van der Waals surface area contributed by atoms with Crippen molar-refractivity contribution < 1.29 is 18.0 Å². The van der Waals surface area contributed by atoms with E-state index >= 15 is 0 Å². The summed E-state index contributed by atoms with van der Waals surface area (Å²) in [6.07, 6.45) is 3.68. The third kappa shape index (κ3) is 10.2. The molecule has 2 amide bonds. The van der Waals surface area contributed by atoms with E-state index in [1.807, 2.05) is 61.5 Å². The van der Waals surface area contributed by atoms with Gasteiger partial charge in [-0.25, -0.2) is 8.42 Å². The molecule has 0 aliphatic heterocycles. The third-order valence-corrected chi connectivity index (χ3v) is 8.29. The number of rotatable bonds is 15. The Morgan fingerprint density at radius 2 is 1.56 bits per heavy atom. The van der Waals surface area contributed by atoms with Crippen molar-refractivity contribution in [3.63, 3.8) is 0 Å². The molecule has 0 aliphatic carbocycles. The summed E-state index contributed by atoms with van der Waals surface area (Å²) in [7, 11) is -3.58. The summed E-state index contributed by atoms with van der Waals surface area (Å²) >= 11 is 5.99. The summed E-state index contributed by atoms with van der Waals surface area (Å²) in [5.74, 6) is -0.400. The van der Waals surface area contributed by atoms with E-state index in [0.29, 0.717) is 23.7 Å². The molecule has 3 aromatic carbocycles. The lowest BCUT2D eigenvalue weighted by molar-refractivity contribution is -0.141. The fraction of sp³-hybridized carbons (Fsp3) is 0.375. The van der Waals surface area contributed by atoms with Gasteiger partial charge in [0.05, 0.1) is 11.9 Å². The number of hydrogen-bond donors (Lipinski definition) is 1. The number of amides is 2. The van der Waals surface area contributed by atoms with Crippen LogP contribution in [0, 0.1) is 6.92 Å². The molecule has 7 nitrogen and oxygen atoms in total. The van der Waals surface area contributed by atoms with Crippen LogP contribution in [-0.4, -0.2) is 50.5 Å². The number of nitrogens with zero attached hydrogens (tertiary/aromatic N) is 2. The van der Waals surface area contributed by atoms with Crippen LogP contribution < -0.4 is 9.62 Å². The normalized spacial score (nSPS) is 12.0. The number of carbonyl (C=O) groups excluding carboxylic acids is 2. The van der Waals surface area contributed by atoms with E-state index in [4.69, 9.17) is 11.6 Å². The zero-order valence-electron chi connectivity index (χ0n) is 24.1. The Morgan fingerprint density at radius 3 is 2.17 bits per heavy atom. The molecule has 9 heteroatoms. The lowest BCUT2D eigenvalue weighted by Gasteiger charge is -2.32. The monoisotopic (exact) mass is 597 g/mol. The van der Waals surface area contributed by atoms with Crippen molar-refractivity contribution in [1.82, 2.24) is 10.2 Å². The maximum absolute atomic E-state index is 13.9. The number of aryl methyl sites for hydroxylation is 1. The Kier molecular flexibility index (Phi) is 12.2. The first-order chi connectivity index (χ1) is 19.6. The van der Waals surface area contributed by atoms with Gasteiger partial charge >= 0.3 is 0 Å². The summed E-state index contributed by atoms with van der Waals surface area (Å²) in [6, 6.07) is 23.4. The average Bonchev–Trinajstić information content (AvgIpc) is 2.94. The average molecular weight is 598 g/mol.